The van der Waals surface area contributed by atoms with Crippen molar-refractivity contribution in [2.75, 3.05) is 6.66 Å². The summed E-state index contributed by atoms with van der Waals surface area (Å²) in [4.78, 5) is 0. The second-order valence-corrected chi connectivity index (χ2v) is 3.71. The minimum absolute atomic E-state index is 1.20. The van der Waals surface area contributed by atoms with Crippen molar-refractivity contribution in [3.05, 3.63) is 0 Å². The van der Waals surface area contributed by atoms with E-state index in [2.05, 4.69) is 8.93 Å². The largest absolute Gasteiger partial charge is 0.223 e. The van der Waals surface area contributed by atoms with Crippen LogP contribution in [0.25, 0.3) is 0 Å². The molecule has 0 aliphatic carbocycles. The van der Waals surface area contributed by atoms with Crippen molar-refractivity contribution < 1.29 is 4.20 Å². The molecular weight excluding hydrogens is 93.0 g/mol. The second-order valence-electron chi connectivity index (χ2n) is 0.525. The van der Waals surface area contributed by atoms with Gasteiger partial charge in [-0.3, -0.25) is 0 Å². The zero-order valence-electron chi connectivity index (χ0n) is 2.40. The van der Waals surface area contributed by atoms with Crippen molar-refractivity contribution >= 4 is 16.8 Å². The van der Waals surface area contributed by atoms with Gasteiger partial charge < -0.3 is 0 Å². The fourth-order valence-corrected chi connectivity index (χ4v) is 0. The first-order valence-corrected chi connectivity index (χ1v) is 4.17. The van der Waals surface area contributed by atoms with Gasteiger partial charge in [0.25, 0.3) is 0 Å². The lowest BCUT2D eigenvalue weighted by Gasteiger charge is -1.74. The lowest BCUT2D eigenvalue weighted by Crippen LogP contribution is -1.22. The van der Waals surface area contributed by atoms with E-state index in [1.165, 1.54) is 6.66 Å². The maximum absolute atomic E-state index is 11.0. The molecule has 0 nitrogen and oxygen atoms in total. The van der Waals surface area contributed by atoms with Gasteiger partial charge in [0.15, 0.2) is 0 Å². The van der Waals surface area contributed by atoms with Gasteiger partial charge in [0.2, 0.25) is 0 Å². The molecule has 0 bridgehead atoms. The first-order valence-electron chi connectivity index (χ1n) is 0.874. The quantitative estimate of drug-likeness (QED) is 0.405. The molecule has 0 spiro atoms. The minimum Gasteiger partial charge on any atom is -0.223 e. The Hall–Kier alpha value is 0.790. The zero-order chi connectivity index (χ0) is 3.58. The number of rotatable bonds is 0. The van der Waals surface area contributed by atoms with E-state index in [1.807, 2.05) is 0 Å². The summed E-state index contributed by atoms with van der Waals surface area (Å²) in [6.45, 7) is 1.53. The molecular formula is CH5FP2. The van der Waals surface area contributed by atoms with Gasteiger partial charge in [-0.1, -0.05) is 8.93 Å². The highest BCUT2D eigenvalue weighted by atomic mass is 32.0. The van der Waals surface area contributed by atoms with Crippen LogP contribution in [0.2, 0.25) is 0 Å². The Morgan fingerprint density at radius 2 is 2.00 bits per heavy atom. The third-order valence-electron chi connectivity index (χ3n) is 0. The first kappa shape index (κ1) is 4.79. The van der Waals surface area contributed by atoms with Crippen LogP contribution in [0.3, 0.4) is 0 Å². The van der Waals surface area contributed by atoms with E-state index < -0.39 is 7.92 Å². The van der Waals surface area contributed by atoms with Gasteiger partial charge in [-0.25, -0.2) is 4.20 Å². The van der Waals surface area contributed by atoms with Crippen LogP contribution < -0.4 is 0 Å². The highest BCUT2D eigenvalue weighted by molar-refractivity contribution is 8.10. The van der Waals surface area contributed by atoms with E-state index in [1.54, 1.807) is 0 Å². The smallest absolute Gasteiger partial charge is 0.0954 e. The van der Waals surface area contributed by atoms with Crippen molar-refractivity contribution in [2.24, 2.45) is 0 Å². The molecule has 0 N–H and O–H groups in total. The van der Waals surface area contributed by atoms with Gasteiger partial charge in [-0.15, -0.1) is 0 Å². The average Bonchev–Trinajstić information content (AvgIpc) is 0.811. The van der Waals surface area contributed by atoms with E-state index in [-0.39, 0.29) is 0 Å². The minimum atomic E-state index is -1.20. The molecule has 0 rings (SSSR count). The summed E-state index contributed by atoms with van der Waals surface area (Å²) in [5.74, 6) is 0. The summed E-state index contributed by atoms with van der Waals surface area (Å²) in [7, 11) is 0.852. The standard InChI is InChI=1S/CH5FP2/c1-4(2)3/h3H2,1H3/t4-/m0/s1. The van der Waals surface area contributed by atoms with Gasteiger partial charge in [0.1, 0.15) is 0 Å². The molecule has 0 saturated heterocycles. The summed E-state index contributed by atoms with van der Waals surface area (Å²) < 4.78 is 11.0. The van der Waals surface area contributed by atoms with Crippen LogP contribution in [0.15, 0.2) is 0 Å². The molecule has 1 unspecified atom stereocenters. The molecule has 0 radical (unpaired) electrons. The van der Waals surface area contributed by atoms with Crippen molar-refractivity contribution in [1.82, 2.24) is 0 Å². The molecule has 0 heterocycles. The lowest BCUT2D eigenvalue weighted by atomic mass is 12.0. The van der Waals surface area contributed by atoms with Crippen molar-refractivity contribution in [2.45, 2.75) is 0 Å². The number of halogens is 1. The summed E-state index contributed by atoms with van der Waals surface area (Å²) in [6.07, 6.45) is 0. The molecule has 0 aromatic carbocycles. The Morgan fingerprint density at radius 1 is 2.00 bits per heavy atom. The summed E-state index contributed by atoms with van der Waals surface area (Å²) >= 11 is 0. The van der Waals surface area contributed by atoms with E-state index >= 15 is 0 Å². The van der Waals surface area contributed by atoms with E-state index in [4.69, 9.17) is 0 Å². The van der Waals surface area contributed by atoms with Gasteiger partial charge in [-0.05, 0) is 6.66 Å². The van der Waals surface area contributed by atoms with Crippen LogP contribution >= 0.6 is 16.8 Å². The lowest BCUT2D eigenvalue weighted by molar-refractivity contribution is 0.919. The maximum atomic E-state index is 11.0. The molecule has 0 aliphatic heterocycles. The van der Waals surface area contributed by atoms with Crippen LogP contribution in [0.5, 0.6) is 0 Å². The third kappa shape index (κ3) is 14.3. The topological polar surface area (TPSA) is 0 Å². The van der Waals surface area contributed by atoms with Crippen molar-refractivity contribution in [1.29, 1.82) is 0 Å². The average molecular weight is 98.0 g/mol. The molecule has 26 valence electrons. The Labute approximate surface area is 28.8 Å². The molecule has 0 aromatic rings. The highest BCUT2D eigenvalue weighted by Crippen LogP contribution is 2.40. The Balaban J connectivity index is 2.32. The van der Waals surface area contributed by atoms with Gasteiger partial charge in [-0.2, -0.15) is 0 Å². The van der Waals surface area contributed by atoms with E-state index in [0.29, 0.717) is 0 Å². The van der Waals surface area contributed by atoms with Crippen molar-refractivity contribution in [3.8, 4) is 0 Å². The Bertz CT molecular complexity index is 10.8. The molecule has 3 heteroatoms. The van der Waals surface area contributed by atoms with Crippen LogP contribution in [-0.4, -0.2) is 6.66 Å². The molecule has 0 fully saturated rings. The zero-order valence-corrected chi connectivity index (χ0v) is 4.45. The third-order valence-corrected chi connectivity index (χ3v) is 0. The van der Waals surface area contributed by atoms with E-state index in [0.717, 1.165) is 0 Å². The Morgan fingerprint density at radius 3 is 2.00 bits per heavy atom. The van der Waals surface area contributed by atoms with Gasteiger partial charge in [0.05, 0.1) is 7.92 Å². The maximum Gasteiger partial charge on any atom is 0.0954 e. The van der Waals surface area contributed by atoms with Crippen LogP contribution in [-0.2, 0) is 0 Å². The highest BCUT2D eigenvalue weighted by Gasteiger charge is 1.73. The monoisotopic (exact) mass is 98.0 g/mol. The fraction of sp³-hybridized carbons (Fsp3) is 1.00. The molecule has 2 atom stereocenters. The van der Waals surface area contributed by atoms with Crippen molar-refractivity contribution in [3.63, 3.8) is 0 Å². The van der Waals surface area contributed by atoms with Crippen LogP contribution in [0, 0.1) is 0 Å². The summed E-state index contributed by atoms with van der Waals surface area (Å²) in [5, 5.41) is 0. The van der Waals surface area contributed by atoms with Gasteiger partial charge >= 0.3 is 0 Å². The van der Waals surface area contributed by atoms with Gasteiger partial charge in [0, 0.05) is 0 Å². The fourth-order valence-electron chi connectivity index (χ4n) is 0. The Kier molecular flexibility index (Phi) is 2.46. The molecule has 0 amide bonds. The predicted molar refractivity (Wildman–Crippen MR) is 23.7 cm³/mol. The number of hydrogen-bond donors (Lipinski definition) is 0. The molecule has 0 saturated carbocycles. The predicted octanol–water partition coefficient (Wildman–Crippen LogP) is 1.77. The SMILES string of the molecule is C[P@@](F)P. The number of hydrogen-bond acceptors (Lipinski definition) is 0. The summed E-state index contributed by atoms with van der Waals surface area (Å²) in [6, 6.07) is 0. The molecule has 4 heavy (non-hydrogen) atoms. The first-order chi connectivity index (χ1) is 1.73. The normalized spacial score (nSPS) is 15.8. The molecule has 0 aliphatic rings. The molecule has 0 aromatic heterocycles. The second kappa shape index (κ2) is 2.05. The van der Waals surface area contributed by atoms with E-state index in [9.17, 15) is 4.20 Å². The van der Waals surface area contributed by atoms with Crippen LogP contribution in [0.1, 0.15) is 0 Å². The van der Waals surface area contributed by atoms with Crippen LogP contribution in [0.4, 0.5) is 4.20 Å². The summed E-state index contributed by atoms with van der Waals surface area (Å²) in [5.41, 5.74) is 0.